The van der Waals surface area contributed by atoms with E-state index in [0.717, 1.165) is 0 Å². The monoisotopic (exact) mass is 235 g/mol. The summed E-state index contributed by atoms with van der Waals surface area (Å²) in [6.45, 7) is 3.89. The van der Waals surface area contributed by atoms with Crippen LogP contribution in [0.3, 0.4) is 0 Å². The summed E-state index contributed by atoms with van der Waals surface area (Å²) in [5.74, 6) is 0.110. The lowest BCUT2D eigenvalue weighted by Crippen LogP contribution is -2.30. The molecular formula is C13H17NO3. The number of carbonyl (C=O) groups is 2. The molecule has 0 aliphatic heterocycles. The lowest BCUT2D eigenvalue weighted by atomic mass is 10.1. The van der Waals surface area contributed by atoms with Crippen LogP contribution in [0.2, 0.25) is 0 Å². The molecule has 4 heteroatoms. The molecule has 0 saturated heterocycles. The maximum atomic E-state index is 11.6. The second-order valence-corrected chi connectivity index (χ2v) is 4.34. The molecule has 1 aromatic rings. The van der Waals surface area contributed by atoms with Crippen molar-refractivity contribution in [3.63, 3.8) is 0 Å². The largest absolute Gasteiger partial charge is 0.508 e. The average Bonchev–Trinajstić information content (AvgIpc) is 2.26. The van der Waals surface area contributed by atoms with Crippen LogP contribution in [-0.4, -0.2) is 23.3 Å². The van der Waals surface area contributed by atoms with Crippen LogP contribution in [0.4, 0.5) is 0 Å². The molecule has 1 rings (SSSR count). The van der Waals surface area contributed by atoms with Gasteiger partial charge in [-0.2, -0.15) is 0 Å². The Morgan fingerprint density at radius 3 is 2.35 bits per heavy atom. The normalized spacial score (nSPS) is 10.3. The number of phenolic OH excluding ortho intramolecular Hbond substituents is 1. The van der Waals surface area contributed by atoms with Crippen LogP contribution < -0.4 is 5.32 Å². The highest BCUT2D eigenvalue weighted by atomic mass is 16.3. The minimum Gasteiger partial charge on any atom is -0.508 e. The van der Waals surface area contributed by atoms with Crippen molar-refractivity contribution in [1.82, 2.24) is 5.32 Å². The topological polar surface area (TPSA) is 66.4 Å². The Morgan fingerprint density at radius 2 is 1.82 bits per heavy atom. The summed E-state index contributed by atoms with van der Waals surface area (Å²) in [5, 5.41) is 11.7. The summed E-state index contributed by atoms with van der Waals surface area (Å²) in [5.41, 5.74) is 0.479. The van der Waals surface area contributed by atoms with Crippen molar-refractivity contribution in [3.8, 4) is 5.75 Å². The van der Waals surface area contributed by atoms with Crippen molar-refractivity contribution in [3.05, 3.63) is 29.8 Å². The van der Waals surface area contributed by atoms with E-state index in [9.17, 15) is 9.59 Å². The number of hydrogen-bond donors (Lipinski definition) is 2. The minimum atomic E-state index is -0.165. The Morgan fingerprint density at radius 1 is 1.24 bits per heavy atom. The zero-order valence-electron chi connectivity index (χ0n) is 10.1. The second kappa shape index (κ2) is 6.03. The molecule has 4 nitrogen and oxygen atoms in total. The van der Waals surface area contributed by atoms with E-state index >= 15 is 0 Å². The highest BCUT2D eigenvalue weighted by molar-refractivity contribution is 5.99. The van der Waals surface area contributed by atoms with Gasteiger partial charge in [0.05, 0.1) is 6.54 Å². The van der Waals surface area contributed by atoms with E-state index in [-0.39, 0.29) is 29.9 Å². The Labute approximate surface area is 101 Å². The van der Waals surface area contributed by atoms with Crippen molar-refractivity contribution in [2.75, 3.05) is 6.54 Å². The van der Waals surface area contributed by atoms with Gasteiger partial charge in [-0.25, -0.2) is 0 Å². The highest BCUT2D eigenvalue weighted by Crippen LogP contribution is 2.09. The van der Waals surface area contributed by atoms with Crippen LogP contribution >= 0.6 is 0 Å². The van der Waals surface area contributed by atoms with Crippen molar-refractivity contribution >= 4 is 11.7 Å². The van der Waals surface area contributed by atoms with Gasteiger partial charge in [-0.3, -0.25) is 9.59 Å². The van der Waals surface area contributed by atoms with Gasteiger partial charge >= 0.3 is 0 Å². The first-order valence-corrected chi connectivity index (χ1v) is 5.58. The number of ketones is 1. The molecule has 17 heavy (non-hydrogen) atoms. The molecule has 0 heterocycles. The molecule has 0 fully saturated rings. The predicted molar refractivity (Wildman–Crippen MR) is 64.9 cm³/mol. The summed E-state index contributed by atoms with van der Waals surface area (Å²) >= 11 is 0. The quantitative estimate of drug-likeness (QED) is 0.764. The molecule has 0 unspecified atom stereocenters. The number of aromatic hydroxyl groups is 1. The molecule has 0 radical (unpaired) electrons. The zero-order valence-corrected chi connectivity index (χ0v) is 10.1. The Kier molecular flexibility index (Phi) is 4.69. The van der Waals surface area contributed by atoms with E-state index in [1.807, 2.05) is 13.8 Å². The standard InChI is InChI=1S/C13H17NO3/c1-9(2)7-13(17)14-8-12(16)10-3-5-11(15)6-4-10/h3-6,9,15H,7-8H2,1-2H3,(H,14,17). The first kappa shape index (κ1) is 13.2. The van der Waals surface area contributed by atoms with E-state index in [2.05, 4.69) is 5.32 Å². The van der Waals surface area contributed by atoms with Crippen molar-refractivity contribution in [1.29, 1.82) is 0 Å². The second-order valence-electron chi connectivity index (χ2n) is 4.34. The first-order valence-electron chi connectivity index (χ1n) is 5.58. The average molecular weight is 235 g/mol. The van der Waals surface area contributed by atoms with E-state index in [1.54, 1.807) is 0 Å². The fourth-order valence-electron chi connectivity index (χ4n) is 1.37. The number of Topliss-reactive ketones (excluding diaryl/α,β-unsaturated/α-hetero) is 1. The highest BCUT2D eigenvalue weighted by Gasteiger charge is 2.09. The van der Waals surface area contributed by atoms with Gasteiger partial charge in [0, 0.05) is 12.0 Å². The van der Waals surface area contributed by atoms with Gasteiger partial charge < -0.3 is 10.4 Å². The fourth-order valence-corrected chi connectivity index (χ4v) is 1.37. The molecule has 92 valence electrons. The SMILES string of the molecule is CC(C)CC(=O)NCC(=O)c1ccc(O)cc1. The van der Waals surface area contributed by atoms with Crippen LogP contribution in [0.1, 0.15) is 30.6 Å². The minimum absolute atomic E-state index is 0.00364. The Bertz CT molecular complexity index is 396. The maximum absolute atomic E-state index is 11.6. The van der Waals surface area contributed by atoms with E-state index in [4.69, 9.17) is 5.11 Å². The lowest BCUT2D eigenvalue weighted by molar-refractivity contribution is -0.121. The number of amides is 1. The Hall–Kier alpha value is -1.84. The number of rotatable bonds is 5. The molecule has 2 N–H and O–H groups in total. The third-order valence-electron chi connectivity index (χ3n) is 2.23. The summed E-state index contributed by atoms with van der Waals surface area (Å²) in [7, 11) is 0. The predicted octanol–water partition coefficient (Wildman–Crippen LogP) is 1.74. The van der Waals surface area contributed by atoms with E-state index in [0.29, 0.717) is 12.0 Å². The third kappa shape index (κ3) is 4.68. The third-order valence-corrected chi connectivity index (χ3v) is 2.23. The van der Waals surface area contributed by atoms with Gasteiger partial charge in [-0.15, -0.1) is 0 Å². The molecular weight excluding hydrogens is 218 g/mol. The molecule has 0 aliphatic carbocycles. The smallest absolute Gasteiger partial charge is 0.220 e. The lowest BCUT2D eigenvalue weighted by Gasteiger charge is -2.06. The molecule has 0 aliphatic rings. The molecule has 0 atom stereocenters. The van der Waals surface area contributed by atoms with Crippen LogP contribution in [0, 0.1) is 5.92 Å². The molecule has 1 amide bonds. The molecule has 1 aromatic carbocycles. The van der Waals surface area contributed by atoms with Gasteiger partial charge in [0.15, 0.2) is 5.78 Å². The van der Waals surface area contributed by atoms with Gasteiger partial charge in [0.1, 0.15) is 5.75 Å². The first-order chi connectivity index (χ1) is 7.99. The number of hydrogen-bond acceptors (Lipinski definition) is 3. The van der Waals surface area contributed by atoms with E-state index < -0.39 is 0 Å². The van der Waals surface area contributed by atoms with Crippen LogP contribution in [0.25, 0.3) is 0 Å². The molecule has 0 aromatic heterocycles. The van der Waals surface area contributed by atoms with Gasteiger partial charge in [0.2, 0.25) is 5.91 Å². The van der Waals surface area contributed by atoms with Crippen molar-refractivity contribution in [2.45, 2.75) is 20.3 Å². The summed E-state index contributed by atoms with van der Waals surface area (Å²) < 4.78 is 0. The molecule has 0 saturated carbocycles. The number of nitrogens with one attached hydrogen (secondary N) is 1. The van der Waals surface area contributed by atoms with Crippen LogP contribution in [-0.2, 0) is 4.79 Å². The fraction of sp³-hybridized carbons (Fsp3) is 0.385. The molecule has 0 bridgehead atoms. The number of carbonyl (C=O) groups excluding carboxylic acids is 2. The van der Waals surface area contributed by atoms with E-state index in [1.165, 1.54) is 24.3 Å². The van der Waals surface area contributed by atoms with Gasteiger partial charge in [-0.1, -0.05) is 13.8 Å². The van der Waals surface area contributed by atoms with Crippen molar-refractivity contribution < 1.29 is 14.7 Å². The van der Waals surface area contributed by atoms with Crippen LogP contribution in [0.5, 0.6) is 5.75 Å². The molecule has 0 spiro atoms. The zero-order chi connectivity index (χ0) is 12.8. The maximum Gasteiger partial charge on any atom is 0.220 e. The summed E-state index contributed by atoms with van der Waals surface area (Å²) in [4.78, 5) is 23.0. The number of phenols is 1. The van der Waals surface area contributed by atoms with Gasteiger partial charge in [-0.05, 0) is 30.2 Å². The number of benzene rings is 1. The Balaban J connectivity index is 2.45. The summed E-state index contributed by atoms with van der Waals surface area (Å²) in [6, 6.07) is 5.96. The van der Waals surface area contributed by atoms with Crippen molar-refractivity contribution in [2.24, 2.45) is 5.92 Å². The summed E-state index contributed by atoms with van der Waals surface area (Å²) in [6.07, 6.45) is 0.420. The van der Waals surface area contributed by atoms with Gasteiger partial charge in [0.25, 0.3) is 0 Å². The van der Waals surface area contributed by atoms with Crippen LogP contribution in [0.15, 0.2) is 24.3 Å².